The minimum atomic E-state index is -4.45. The lowest BCUT2D eigenvalue weighted by Crippen LogP contribution is -2.19. The van der Waals surface area contributed by atoms with Crippen molar-refractivity contribution in [3.8, 4) is 17.1 Å². The number of aromatic nitrogens is 2. The van der Waals surface area contributed by atoms with Crippen molar-refractivity contribution >= 4 is 11.6 Å². The maximum absolute atomic E-state index is 12.2. The summed E-state index contributed by atoms with van der Waals surface area (Å²) in [4.78, 5) is 15.9. The van der Waals surface area contributed by atoms with Gasteiger partial charge in [-0.2, -0.15) is 13.2 Å². The molecule has 0 atom stereocenters. The van der Waals surface area contributed by atoms with E-state index in [1.54, 1.807) is 0 Å². The fourth-order valence-corrected chi connectivity index (χ4v) is 2.13. The SMILES string of the molecule is Cc1ccc(-c2cc(C(=O)Nc3ccc(OCC(F)(F)F)nc3)on2)cc1. The fraction of sp³-hybridized carbons (Fsp3) is 0.167. The molecule has 0 aliphatic rings. The maximum atomic E-state index is 12.2. The van der Waals surface area contributed by atoms with E-state index >= 15 is 0 Å². The van der Waals surface area contributed by atoms with E-state index in [1.807, 2.05) is 31.2 Å². The number of carbonyl (C=O) groups is 1. The lowest BCUT2D eigenvalue weighted by molar-refractivity contribution is -0.154. The van der Waals surface area contributed by atoms with E-state index < -0.39 is 18.7 Å². The van der Waals surface area contributed by atoms with Gasteiger partial charge < -0.3 is 14.6 Å². The predicted molar refractivity (Wildman–Crippen MR) is 90.4 cm³/mol. The first-order valence-electron chi connectivity index (χ1n) is 7.81. The topological polar surface area (TPSA) is 77.2 Å². The lowest BCUT2D eigenvalue weighted by Gasteiger charge is -2.08. The fourth-order valence-electron chi connectivity index (χ4n) is 2.13. The number of aryl methyl sites for hydroxylation is 1. The van der Waals surface area contributed by atoms with Gasteiger partial charge in [-0.3, -0.25) is 4.79 Å². The van der Waals surface area contributed by atoms with Crippen LogP contribution in [-0.4, -0.2) is 28.8 Å². The van der Waals surface area contributed by atoms with Gasteiger partial charge in [0.1, 0.15) is 5.69 Å². The molecule has 9 heteroatoms. The lowest BCUT2D eigenvalue weighted by atomic mass is 10.1. The molecule has 0 saturated carbocycles. The molecule has 3 aromatic rings. The Morgan fingerprint density at radius 3 is 2.56 bits per heavy atom. The second-order valence-electron chi connectivity index (χ2n) is 5.69. The minimum Gasteiger partial charge on any atom is -0.468 e. The Hall–Kier alpha value is -3.36. The van der Waals surface area contributed by atoms with Gasteiger partial charge in [-0.15, -0.1) is 0 Å². The first-order valence-corrected chi connectivity index (χ1v) is 7.81. The molecular weight excluding hydrogens is 363 g/mol. The van der Waals surface area contributed by atoms with Gasteiger partial charge in [0.15, 0.2) is 6.61 Å². The molecule has 1 aromatic carbocycles. The third-order valence-corrected chi connectivity index (χ3v) is 3.46. The van der Waals surface area contributed by atoms with E-state index in [4.69, 9.17) is 4.52 Å². The molecule has 0 fully saturated rings. The second kappa shape index (κ2) is 7.48. The van der Waals surface area contributed by atoms with Crippen molar-refractivity contribution in [1.82, 2.24) is 10.1 Å². The minimum absolute atomic E-state index is 0.0111. The predicted octanol–water partition coefficient (Wildman–Crippen LogP) is 4.24. The molecule has 0 spiro atoms. The molecule has 0 aliphatic carbocycles. The standard InChI is InChI=1S/C18H14F3N3O3/c1-11-2-4-12(5-3-11)14-8-15(27-24-14)17(25)23-13-6-7-16(22-9-13)26-10-18(19,20)21/h2-9H,10H2,1H3,(H,23,25). The highest BCUT2D eigenvalue weighted by Crippen LogP contribution is 2.21. The summed E-state index contributed by atoms with van der Waals surface area (Å²) in [5.74, 6) is -0.777. The number of amides is 1. The normalized spacial score (nSPS) is 11.3. The van der Waals surface area contributed by atoms with Crippen LogP contribution >= 0.6 is 0 Å². The van der Waals surface area contributed by atoms with Crippen molar-refractivity contribution in [3.63, 3.8) is 0 Å². The zero-order valence-electron chi connectivity index (χ0n) is 14.1. The Balaban J connectivity index is 1.63. The average Bonchev–Trinajstić information content (AvgIpc) is 3.11. The molecule has 1 amide bonds. The van der Waals surface area contributed by atoms with Gasteiger partial charge in [0, 0.05) is 17.7 Å². The second-order valence-corrected chi connectivity index (χ2v) is 5.69. The number of halogens is 3. The van der Waals surface area contributed by atoms with Gasteiger partial charge in [-0.05, 0) is 13.0 Å². The first kappa shape index (κ1) is 18.4. The molecule has 0 saturated heterocycles. The highest BCUT2D eigenvalue weighted by Gasteiger charge is 2.28. The molecule has 3 rings (SSSR count). The third kappa shape index (κ3) is 5.06. The number of benzene rings is 1. The molecule has 2 aromatic heterocycles. The van der Waals surface area contributed by atoms with Crippen LogP contribution in [0.1, 0.15) is 16.1 Å². The van der Waals surface area contributed by atoms with Crippen LogP contribution in [0.3, 0.4) is 0 Å². The van der Waals surface area contributed by atoms with E-state index in [-0.39, 0.29) is 17.3 Å². The summed E-state index contributed by atoms with van der Waals surface area (Å²) in [6.07, 6.45) is -3.27. The third-order valence-electron chi connectivity index (χ3n) is 3.46. The highest BCUT2D eigenvalue weighted by molar-refractivity contribution is 6.02. The van der Waals surface area contributed by atoms with Gasteiger partial charge >= 0.3 is 6.18 Å². The van der Waals surface area contributed by atoms with Crippen molar-refractivity contribution in [2.24, 2.45) is 0 Å². The molecule has 0 radical (unpaired) electrons. The number of ether oxygens (including phenoxy) is 1. The van der Waals surface area contributed by atoms with Crippen LogP contribution in [0.15, 0.2) is 53.2 Å². The van der Waals surface area contributed by atoms with Crippen molar-refractivity contribution in [2.45, 2.75) is 13.1 Å². The van der Waals surface area contributed by atoms with Crippen molar-refractivity contribution in [2.75, 3.05) is 11.9 Å². The summed E-state index contributed by atoms with van der Waals surface area (Å²) >= 11 is 0. The van der Waals surface area contributed by atoms with E-state index in [1.165, 1.54) is 24.4 Å². The summed E-state index contributed by atoms with van der Waals surface area (Å²) in [6.45, 7) is 0.518. The Labute approximate surface area is 152 Å². The van der Waals surface area contributed by atoms with Crippen LogP contribution in [0.4, 0.5) is 18.9 Å². The van der Waals surface area contributed by atoms with Crippen molar-refractivity contribution in [3.05, 3.63) is 60.0 Å². The van der Waals surface area contributed by atoms with Crippen molar-refractivity contribution < 1.29 is 27.2 Å². The van der Waals surface area contributed by atoms with Crippen LogP contribution in [-0.2, 0) is 0 Å². The molecule has 140 valence electrons. The number of alkyl halides is 3. The van der Waals surface area contributed by atoms with Crippen LogP contribution in [0.2, 0.25) is 0 Å². The van der Waals surface area contributed by atoms with Crippen LogP contribution < -0.4 is 10.1 Å². The summed E-state index contributed by atoms with van der Waals surface area (Å²) in [6, 6.07) is 11.6. The summed E-state index contributed by atoms with van der Waals surface area (Å²) in [5.41, 5.74) is 2.67. The zero-order chi connectivity index (χ0) is 19.4. The van der Waals surface area contributed by atoms with Crippen LogP contribution in [0.25, 0.3) is 11.3 Å². The Morgan fingerprint density at radius 2 is 1.93 bits per heavy atom. The molecular formula is C18H14F3N3O3. The molecule has 0 bridgehead atoms. The number of hydrogen-bond donors (Lipinski definition) is 1. The van der Waals surface area contributed by atoms with Crippen molar-refractivity contribution in [1.29, 1.82) is 0 Å². The summed E-state index contributed by atoms with van der Waals surface area (Å²) in [7, 11) is 0. The smallest absolute Gasteiger partial charge is 0.422 e. The summed E-state index contributed by atoms with van der Waals surface area (Å²) in [5, 5.41) is 6.38. The quantitative estimate of drug-likeness (QED) is 0.720. The number of anilines is 1. The highest BCUT2D eigenvalue weighted by atomic mass is 19.4. The van der Waals surface area contributed by atoms with E-state index in [0.29, 0.717) is 5.69 Å². The molecule has 27 heavy (non-hydrogen) atoms. The molecule has 6 nitrogen and oxygen atoms in total. The first-order chi connectivity index (χ1) is 12.8. The largest absolute Gasteiger partial charge is 0.468 e. The Morgan fingerprint density at radius 1 is 1.19 bits per heavy atom. The Kier molecular flexibility index (Phi) is 5.11. The monoisotopic (exact) mass is 377 g/mol. The van der Waals surface area contributed by atoms with Crippen LogP contribution in [0.5, 0.6) is 5.88 Å². The number of pyridine rings is 1. The van der Waals surface area contributed by atoms with Gasteiger partial charge in [-0.1, -0.05) is 35.0 Å². The molecule has 2 heterocycles. The van der Waals surface area contributed by atoms with E-state index in [0.717, 1.165) is 11.1 Å². The molecule has 0 unspecified atom stereocenters. The molecule has 1 N–H and O–H groups in total. The zero-order valence-corrected chi connectivity index (χ0v) is 14.1. The van der Waals surface area contributed by atoms with Gasteiger partial charge in [0.05, 0.1) is 11.9 Å². The van der Waals surface area contributed by atoms with Gasteiger partial charge in [0.25, 0.3) is 5.91 Å². The summed E-state index contributed by atoms with van der Waals surface area (Å²) < 4.78 is 45.8. The van der Waals surface area contributed by atoms with Gasteiger partial charge in [-0.25, -0.2) is 4.98 Å². The van der Waals surface area contributed by atoms with Crippen LogP contribution in [0, 0.1) is 6.92 Å². The van der Waals surface area contributed by atoms with Gasteiger partial charge in [0.2, 0.25) is 11.6 Å². The van der Waals surface area contributed by atoms with E-state index in [9.17, 15) is 18.0 Å². The number of nitrogens with zero attached hydrogens (tertiary/aromatic N) is 2. The number of hydrogen-bond acceptors (Lipinski definition) is 5. The number of nitrogens with one attached hydrogen (secondary N) is 1. The molecule has 0 aliphatic heterocycles. The number of carbonyl (C=O) groups excluding carboxylic acids is 1. The number of rotatable bonds is 5. The van der Waals surface area contributed by atoms with E-state index in [2.05, 4.69) is 20.2 Å². The maximum Gasteiger partial charge on any atom is 0.422 e. The Bertz CT molecular complexity index is 920. The average molecular weight is 377 g/mol.